The normalized spacial score (nSPS) is 23.7. The summed E-state index contributed by atoms with van der Waals surface area (Å²) in [6, 6.07) is 6.04. The van der Waals surface area contributed by atoms with Crippen LogP contribution in [-0.4, -0.2) is 40.4 Å². The van der Waals surface area contributed by atoms with Crippen molar-refractivity contribution in [3.05, 3.63) is 29.8 Å². The number of hydrogen-bond donors (Lipinski definition) is 2. The fourth-order valence-corrected chi connectivity index (χ4v) is 4.12. The number of anilines is 1. The van der Waals surface area contributed by atoms with Gasteiger partial charge in [-0.25, -0.2) is 4.79 Å². The predicted octanol–water partition coefficient (Wildman–Crippen LogP) is 3.53. The lowest BCUT2D eigenvalue weighted by atomic mass is 9.88. The third-order valence-corrected chi connectivity index (χ3v) is 5.76. The molecule has 146 valence electrons. The Bertz CT molecular complexity index is 712. The minimum Gasteiger partial charge on any atom is -0.480 e. The van der Waals surface area contributed by atoms with Crippen LogP contribution in [0.4, 0.5) is 5.69 Å². The monoisotopic (exact) mass is 372 g/mol. The lowest BCUT2D eigenvalue weighted by Gasteiger charge is -2.36. The average Bonchev–Trinajstić information content (AvgIpc) is 2.68. The molecule has 6 nitrogen and oxygen atoms in total. The van der Waals surface area contributed by atoms with Gasteiger partial charge in [-0.3, -0.25) is 9.59 Å². The van der Waals surface area contributed by atoms with Gasteiger partial charge in [-0.15, -0.1) is 0 Å². The molecule has 6 heteroatoms. The summed E-state index contributed by atoms with van der Waals surface area (Å²) in [4.78, 5) is 38.4. The molecule has 2 amide bonds. The van der Waals surface area contributed by atoms with E-state index in [9.17, 15) is 19.5 Å². The van der Waals surface area contributed by atoms with Gasteiger partial charge in [-0.2, -0.15) is 0 Å². The van der Waals surface area contributed by atoms with Crippen molar-refractivity contribution >= 4 is 23.5 Å². The van der Waals surface area contributed by atoms with Crippen molar-refractivity contribution in [1.29, 1.82) is 0 Å². The molecule has 2 fully saturated rings. The van der Waals surface area contributed by atoms with Crippen LogP contribution in [0, 0.1) is 11.8 Å². The van der Waals surface area contributed by atoms with Crippen LogP contribution >= 0.6 is 0 Å². The highest BCUT2D eigenvalue weighted by atomic mass is 16.4. The van der Waals surface area contributed by atoms with Gasteiger partial charge in [0.2, 0.25) is 5.91 Å². The standard InChI is InChI=1S/C21H28N2O4/c1-14-10-11-23(18(12-14)21(26)27)20(25)16-8-5-9-17(13-16)22-19(24)15-6-3-2-4-7-15/h5,8-9,13-15,18H,2-4,6-7,10-12H2,1H3,(H,22,24)(H,26,27). The Kier molecular flexibility index (Phi) is 6.14. The molecule has 3 rings (SSSR count). The van der Waals surface area contributed by atoms with Crippen molar-refractivity contribution in [2.75, 3.05) is 11.9 Å². The number of nitrogens with zero attached hydrogens (tertiary/aromatic N) is 1. The van der Waals surface area contributed by atoms with Gasteiger partial charge in [0.25, 0.3) is 5.91 Å². The molecule has 0 bridgehead atoms. The molecule has 2 unspecified atom stereocenters. The summed E-state index contributed by atoms with van der Waals surface area (Å²) < 4.78 is 0. The van der Waals surface area contributed by atoms with Crippen LogP contribution < -0.4 is 5.32 Å². The first-order chi connectivity index (χ1) is 13.0. The SMILES string of the molecule is CC1CCN(C(=O)c2cccc(NC(=O)C3CCCCC3)c2)C(C(=O)O)C1. The van der Waals surface area contributed by atoms with E-state index in [0.717, 1.165) is 32.1 Å². The summed E-state index contributed by atoms with van der Waals surface area (Å²) in [6.45, 7) is 2.45. The van der Waals surface area contributed by atoms with Gasteiger partial charge < -0.3 is 15.3 Å². The predicted molar refractivity (Wildman–Crippen MR) is 103 cm³/mol. The fourth-order valence-electron chi connectivity index (χ4n) is 4.12. The Labute approximate surface area is 159 Å². The zero-order chi connectivity index (χ0) is 19.4. The zero-order valence-corrected chi connectivity index (χ0v) is 15.8. The highest BCUT2D eigenvalue weighted by Crippen LogP contribution is 2.27. The molecule has 1 aliphatic heterocycles. The first-order valence-electron chi connectivity index (χ1n) is 9.90. The summed E-state index contributed by atoms with van der Waals surface area (Å²) in [5.41, 5.74) is 1.01. The summed E-state index contributed by atoms with van der Waals surface area (Å²) in [7, 11) is 0. The van der Waals surface area contributed by atoms with Crippen LogP contribution in [-0.2, 0) is 9.59 Å². The number of hydrogen-bond acceptors (Lipinski definition) is 3. The van der Waals surface area contributed by atoms with Crippen LogP contribution in [0.1, 0.15) is 62.2 Å². The summed E-state index contributed by atoms with van der Waals surface area (Å²) in [6.07, 6.45) is 6.45. The molecule has 1 aromatic carbocycles. The Hall–Kier alpha value is -2.37. The van der Waals surface area contributed by atoms with Crippen molar-refractivity contribution in [1.82, 2.24) is 4.90 Å². The maximum absolute atomic E-state index is 12.9. The van der Waals surface area contributed by atoms with Crippen LogP contribution in [0.15, 0.2) is 24.3 Å². The number of carboxylic acid groups (broad SMARTS) is 1. The number of amides is 2. The fraction of sp³-hybridized carbons (Fsp3) is 0.571. The first-order valence-corrected chi connectivity index (χ1v) is 9.90. The minimum atomic E-state index is -0.961. The van der Waals surface area contributed by atoms with Crippen LogP contribution in [0.25, 0.3) is 0 Å². The van der Waals surface area contributed by atoms with Gasteiger partial charge in [0.1, 0.15) is 6.04 Å². The molecular formula is C21H28N2O4. The van der Waals surface area contributed by atoms with E-state index in [4.69, 9.17) is 0 Å². The second kappa shape index (κ2) is 8.55. The quantitative estimate of drug-likeness (QED) is 0.846. The molecule has 0 radical (unpaired) electrons. The van der Waals surface area contributed by atoms with Crippen molar-refractivity contribution in [3.8, 4) is 0 Å². The Morgan fingerprint density at radius 2 is 1.85 bits per heavy atom. The van der Waals surface area contributed by atoms with Crippen molar-refractivity contribution in [3.63, 3.8) is 0 Å². The molecular weight excluding hydrogens is 344 g/mol. The Morgan fingerprint density at radius 3 is 2.56 bits per heavy atom. The summed E-state index contributed by atoms with van der Waals surface area (Å²) >= 11 is 0. The van der Waals surface area contributed by atoms with Gasteiger partial charge in [-0.1, -0.05) is 32.3 Å². The van der Waals surface area contributed by atoms with Crippen molar-refractivity contribution in [2.45, 2.75) is 57.9 Å². The number of rotatable bonds is 4. The molecule has 0 spiro atoms. The minimum absolute atomic E-state index is 0.00880. The molecule has 0 aromatic heterocycles. The van der Waals surface area contributed by atoms with Crippen molar-refractivity contribution in [2.24, 2.45) is 11.8 Å². The van der Waals surface area contributed by atoms with Gasteiger partial charge in [0.05, 0.1) is 0 Å². The topological polar surface area (TPSA) is 86.7 Å². The highest BCUT2D eigenvalue weighted by Gasteiger charge is 2.35. The number of nitrogens with one attached hydrogen (secondary N) is 1. The number of likely N-dealkylation sites (tertiary alicyclic amines) is 1. The molecule has 27 heavy (non-hydrogen) atoms. The second-order valence-corrected chi connectivity index (χ2v) is 7.89. The maximum atomic E-state index is 12.9. The lowest BCUT2D eigenvalue weighted by Crippen LogP contribution is -2.49. The number of piperidine rings is 1. The van der Waals surface area contributed by atoms with E-state index in [0.29, 0.717) is 24.2 Å². The molecule has 1 saturated carbocycles. The van der Waals surface area contributed by atoms with Gasteiger partial charge in [0.15, 0.2) is 0 Å². The number of carboxylic acids is 1. The van der Waals surface area contributed by atoms with E-state index in [-0.39, 0.29) is 23.7 Å². The molecule has 1 aliphatic carbocycles. The van der Waals surface area contributed by atoms with Crippen LogP contribution in [0.5, 0.6) is 0 Å². The largest absolute Gasteiger partial charge is 0.480 e. The molecule has 1 saturated heterocycles. The third-order valence-electron chi connectivity index (χ3n) is 5.76. The van der Waals surface area contributed by atoms with E-state index >= 15 is 0 Å². The van der Waals surface area contributed by atoms with E-state index in [1.165, 1.54) is 11.3 Å². The third kappa shape index (κ3) is 4.67. The molecule has 1 aromatic rings. The number of aliphatic carboxylic acids is 1. The highest BCUT2D eigenvalue weighted by molar-refractivity contribution is 5.99. The zero-order valence-electron chi connectivity index (χ0n) is 15.8. The summed E-state index contributed by atoms with van der Waals surface area (Å²) in [5, 5.41) is 12.4. The Morgan fingerprint density at radius 1 is 1.11 bits per heavy atom. The van der Waals surface area contributed by atoms with Gasteiger partial charge in [0, 0.05) is 23.7 Å². The molecule has 2 N–H and O–H groups in total. The van der Waals surface area contributed by atoms with E-state index in [1.54, 1.807) is 24.3 Å². The number of benzene rings is 1. The Balaban J connectivity index is 1.71. The molecule has 1 heterocycles. The van der Waals surface area contributed by atoms with E-state index in [1.807, 2.05) is 6.92 Å². The summed E-state index contributed by atoms with van der Waals surface area (Å²) in [5.74, 6) is -0.913. The van der Waals surface area contributed by atoms with E-state index < -0.39 is 12.0 Å². The van der Waals surface area contributed by atoms with Gasteiger partial charge >= 0.3 is 5.97 Å². The number of carbonyl (C=O) groups excluding carboxylic acids is 2. The molecule has 2 aliphatic rings. The first kappa shape index (κ1) is 19.4. The smallest absolute Gasteiger partial charge is 0.326 e. The maximum Gasteiger partial charge on any atom is 0.326 e. The van der Waals surface area contributed by atoms with Crippen LogP contribution in [0.3, 0.4) is 0 Å². The average molecular weight is 372 g/mol. The molecule has 2 atom stereocenters. The van der Waals surface area contributed by atoms with Gasteiger partial charge in [-0.05, 0) is 49.8 Å². The lowest BCUT2D eigenvalue weighted by molar-refractivity contribution is -0.144. The number of carbonyl (C=O) groups is 3. The van der Waals surface area contributed by atoms with Crippen LogP contribution in [0.2, 0.25) is 0 Å². The van der Waals surface area contributed by atoms with Crippen molar-refractivity contribution < 1.29 is 19.5 Å². The van der Waals surface area contributed by atoms with E-state index in [2.05, 4.69) is 5.32 Å². The second-order valence-electron chi connectivity index (χ2n) is 7.89.